The minimum absolute atomic E-state index is 0.486. The van der Waals surface area contributed by atoms with Crippen LogP contribution in [0, 0.1) is 6.92 Å². The Bertz CT molecular complexity index is 158. The minimum atomic E-state index is -0.914. The monoisotopic (exact) mass is 199 g/mol. The molecule has 0 bridgehead atoms. The molecule has 14 heavy (non-hydrogen) atoms. The zero-order valence-electron chi connectivity index (χ0n) is 9.37. The molecule has 1 unspecified atom stereocenters. The molecule has 0 aliphatic heterocycles. The molecule has 0 amide bonds. The van der Waals surface area contributed by atoms with Crippen molar-refractivity contribution in [3.05, 3.63) is 19.1 Å². The summed E-state index contributed by atoms with van der Waals surface area (Å²) in [5, 5.41) is 20.0. The first-order chi connectivity index (χ1) is 6.60. The molecule has 1 radical (unpaired) electrons. The van der Waals surface area contributed by atoms with Crippen molar-refractivity contribution in [1.82, 2.24) is 0 Å². The van der Waals surface area contributed by atoms with Crippen molar-refractivity contribution < 1.29 is 10.2 Å². The Morgan fingerprint density at radius 3 is 2.14 bits per heavy atom. The summed E-state index contributed by atoms with van der Waals surface area (Å²) in [7, 11) is 0. The van der Waals surface area contributed by atoms with Gasteiger partial charge in [0.25, 0.3) is 0 Å². The van der Waals surface area contributed by atoms with Crippen LogP contribution in [0.1, 0.15) is 46.0 Å². The van der Waals surface area contributed by atoms with Crippen molar-refractivity contribution in [3.8, 4) is 0 Å². The van der Waals surface area contributed by atoms with Crippen LogP contribution in [0.2, 0.25) is 0 Å². The lowest BCUT2D eigenvalue weighted by Crippen LogP contribution is -2.41. The molecule has 0 heterocycles. The molecule has 0 rings (SSSR count). The maximum Gasteiger partial charge on any atom is 0.0908 e. The van der Waals surface area contributed by atoms with Crippen LogP contribution in [0.4, 0.5) is 0 Å². The molecule has 0 spiro atoms. The zero-order valence-corrected chi connectivity index (χ0v) is 9.37. The Kier molecular flexibility index (Phi) is 6.85. The summed E-state index contributed by atoms with van der Waals surface area (Å²) in [6.07, 6.45) is 6.37. The average Bonchev–Trinajstić information content (AvgIpc) is 2.15. The van der Waals surface area contributed by atoms with Gasteiger partial charge in [0.15, 0.2) is 0 Å². The molecule has 0 aromatic carbocycles. The average molecular weight is 199 g/mol. The highest BCUT2D eigenvalue weighted by atomic mass is 16.3. The van der Waals surface area contributed by atoms with E-state index in [9.17, 15) is 10.2 Å². The summed E-state index contributed by atoms with van der Waals surface area (Å²) < 4.78 is 0. The molecule has 0 fully saturated rings. The van der Waals surface area contributed by atoms with Crippen molar-refractivity contribution in [1.29, 1.82) is 0 Å². The molecule has 0 aliphatic carbocycles. The van der Waals surface area contributed by atoms with Gasteiger partial charge in [0.05, 0.1) is 11.7 Å². The maximum atomic E-state index is 10.2. The molecule has 0 saturated heterocycles. The Balaban J connectivity index is 4.29. The van der Waals surface area contributed by atoms with Gasteiger partial charge < -0.3 is 10.2 Å². The molecular weight excluding hydrogens is 176 g/mol. The van der Waals surface area contributed by atoms with E-state index >= 15 is 0 Å². The number of rotatable bonds is 7. The van der Waals surface area contributed by atoms with Crippen molar-refractivity contribution in [2.75, 3.05) is 0 Å². The van der Waals surface area contributed by atoms with Crippen LogP contribution in [-0.2, 0) is 0 Å². The van der Waals surface area contributed by atoms with E-state index in [0.29, 0.717) is 19.3 Å². The highest BCUT2D eigenvalue weighted by Gasteiger charge is 2.32. The van der Waals surface area contributed by atoms with Gasteiger partial charge in [-0.25, -0.2) is 0 Å². The molecule has 83 valence electrons. The first kappa shape index (κ1) is 13.7. The molecule has 2 heteroatoms. The SMILES string of the molecule is [CH2]/C=C/CC(O)C(O)(CCC)CCC. The zero-order chi connectivity index (χ0) is 11.0. The van der Waals surface area contributed by atoms with Crippen LogP contribution in [0.5, 0.6) is 0 Å². The molecule has 2 nitrogen and oxygen atoms in total. The molecule has 0 aromatic heterocycles. The molecule has 2 N–H and O–H groups in total. The first-order valence-corrected chi connectivity index (χ1v) is 5.45. The van der Waals surface area contributed by atoms with Gasteiger partial charge in [-0.1, -0.05) is 38.8 Å². The van der Waals surface area contributed by atoms with Gasteiger partial charge in [-0.05, 0) is 26.2 Å². The van der Waals surface area contributed by atoms with E-state index in [-0.39, 0.29) is 0 Å². The summed E-state index contributed by atoms with van der Waals surface area (Å²) in [6, 6.07) is 0. The predicted octanol–water partition coefficient (Wildman–Crippen LogP) is 2.46. The maximum absolute atomic E-state index is 10.2. The third-order valence-electron chi connectivity index (χ3n) is 2.51. The van der Waals surface area contributed by atoms with E-state index in [1.807, 2.05) is 13.8 Å². The number of allylic oxidation sites excluding steroid dienone is 1. The number of hydrogen-bond acceptors (Lipinski definition) is 2. The molecule has 0 saturated carbocycles. The van der Waals surface area contributed by atoms with Crippen LogP contribution >= 0.6 is 0 Å². The third-order valence-corrected chi connectivity index (χ3v) is 2.51. The third kappa shape index (κ3) is 4.25. The number of hydrogen-bond donors (Lipinski definition) is 2. The predicted molar refractivity (Wildman–Crippen MR) is 59.9 cm³/mol. The number of aliphatic hydroxyl groups is 2. The molecule has 1 atom stereocenters. The molecular formula is C12H23O2. The van der Waals surface area contributed by atoms with Gasteiger partial charge in [0, 0.05) is 0 Å². The van der Waals surface area contributed by atoms with Crippen molar-refractivity contribution in [2.45, 2.75) is 57.7 Å². The van der Waals surface area contributed by atoms with Crippen LogP contribution in [-0.4, -0.2) is 21.9 Å². The lowest BCUT2D eigenvalue weighted by Gasteiger charge is -2.32. The van der Waals surface area contributed by atoms with Gasteiger partial charge in [-0.15, -0.1) is 0 Å². The van der Waals surface area contributed by atoms with Crippen LogP contribution in [0.25, 0.3) is 0 Å². The Morgan fingerprint density at radius 1 is 1.29 bits per heavy atom. The van der Waals surface area contributed by atoms with Crippen molar-refractivity contribution >= 4 is 0 Å². The lowest BCUT2D eigenvalue weighted by atomic mass is 9.85. The molecule has 0 aliphatic rings. The lowest BCUT2D eigenvalue weighted by molar-refractivity contribution is -0.0847. The quantitative estimate of drug-likeness (QED) is 0.661. The standard InChI is InChI=1S/C12H23O2/c1-4-7-8-11(13)12(14,9-5-2)10-6-3/h4,7,11,13-14H,1,5-6,8-10H2,2-3H3/b7-4+. The Hall–Kier alpha value is -0.340. The normalized spacial score (nSPS) is 14.9. The highest BCUT2D eigenvalue weighted by Crippen LogP contribution is 2.25. The summed E-state index contributed by atoms with van der Waals surface area (Å²) in [6.45, 7) is 7.60. The number of aliphatic hydroxyl groups excluding tert-OH is 1. The second-order valence-electron chi connectivity index (χ2n) is 3.83. The summed E-state index contributed by atoms with van der Waals surface area (Å²) in [5.74, 6) is 0. The van der Waals surface area contributed by atoms with Crippen molar-refractivity contribution in [2.24, 2.45) is 0 Å². The smallest absolute Gasteiger partial charge is 0.0908 e. The van der Waals surface area contributed by atoms with Crippen LogP contribution < -0.4 is 0 Å². The highest BCUT2D eigenvalue weighted by molar-refractivity contribution is 4.93. The summed E-state index contributed by atoms with van der Waals surface area (Å²) in [5.41, 5.74) is -0.914. The van der Waals surface area contributed by atoms with E-state index in [4.69, 9.17) is 0 Å². The van der Waals surface area contributed by atoms with E-state index < -0.39 is 11.7 Å². The van der Waals surface area contributed by atoms with E-state index in [0.717, 1.165) is 12.8 Å². The van der Waals surface area contributed by atoms with Crippen molar-refractivity contribution in [3.63, 3.8) is 0 Å². The second kappa shape index (κ2) is 7.02. The van der Waals surface area contributed by atoms with E-state index in [1.54, 1.807) is 12.2 Å². The Labute approximate surface area is 87.7 Å². The Morgan fingerprint density at radius 2 is 1.79 bits per heavy atom. The first-order valence-electron chi connectivity index (χ1n) is 5.45. The van der Waals surface area contributed by atoms with Gasteiger partial charge in [0.1, 0.15) is 0 Å². The minimum Gasteiger partial charge on any atom is -0.390 e. The fourth-order valence-corrected chi connectivity index (χ4v) is 1.77. The van der Waals surface area contributed by atoms with E-state index in [1.165, 1.54) is 0 Å². The topological polar surface area (TPSA) is 40.5 Å². The van der Waals surface area contributed by atoms with E-state index in [2.05, 4.69) is 6.92 Å². The van der Waals surface area contributed by atoms with Gasteiger partial charge in [0.2, 0.25) is 0 Å². The second-order valence-corrected chi connectivity index (χ2v) is 3.83. The van der Waals surface area contributed by atoms with Crippen LogP contribution in [0.15, 0.2) is 12.2 Å². The largest absolute Gasteiger partial charge is 0.390 e. The van der Waals surface area contributed by atoms with Gasteiger partial charge >= 0.3 is 0 Å². The fraction of sp³-hybridized carbons (Fsp3) is 0.750. The van der Waals surface area contributed by atoms with Gasteiger partial charge in [-0.2, -0.15) is 0 Å². The summed E-state index contributed by atoms with van der Waals surface area (Å²) in [4.78, 5) is 0. The van der Waals surface area contributed by atoms with Crippen LogP contribution in [0.3, 0.4) is 0 Å². The van der Waals surface area contributed by atoms with Gasteiger partial charge in [-0.3, -0.25) is 0 Å². The molecule has 0 aromatic rings. The summed E-state index contributed by atoms with van der Waals surface area (Å²) >= 11 is 0. The fourth-order valence-electron chi connectivity index (χ4n) is 1.77.